The van der Waals surface area contributed by atoms with Crippen molar-refractivity contribution in [3.05, 3.63) is 41.7 Å². The summed E-state index contributed by atoms with van der Waals surface area (Å²) < 4.78 is 0. The molecule has 1 aromatic carbocycles. The fourth-order valence-corrected chi connectivity index (χ4v) is 0.643. The summed E-state index contributed by atoms with van der Waals surface area (Å²) in [5.74, 6) is 1.21. The van der Waals surface area contributed by atoms with Gasteiger partial charge in [-0.15, -0.1) is 0 Å². The molecule has 108 valence electrons. The Labute approximate surface area is 127 Å². The molecule has 0 aliphatic carbocycles. The summed E-state index contributed by atoms with van der Waals surface area (Å²) in [6.45, 7) is 12.5. The summed E-state index contributed by atoms with van der Waals surface area (Å²) in [7, 11) is 0. The molecule has 0 fully saturated rings. The van der Waals surface area contributed by atoms with E-state index >= 15 is 0 Å². The average Bonchev–Trinajstić information content (AvgIpc) is 2.15. The van der Waals surface area contributed by atoms with Gasteiger partial charge in [-0.05, 0) is 6.07 Å². The molecule has 19 heavy (non-hydrogen) atoms. The van der Waals surface area contributed by atoms with Crippen molar-refractivity contribution in [2.75, 3.05) is 0 Å². The van der Waals surface area contributed by atoms with Gasteiger partial charge in [0.05, 0.1) is 5.56 Å². The predicted molar refractivity (Wildman–Crippen MR) is 73.4 cm³/mol. The van der Waals surface area contributed by atoms with Gasteiger partial charge in [0.15, 0.2) is 0 Å². The van der Waals surface area contributed by atoms with E-state index in [1.165, 1.54) is 36.1 Å². The summed E-state index contributed by atoms with van der Waals surface area (Å²) in [6.07, 6.45) is 0. The Kier molecular flexibility index (Phi) is 16.4. The molecule has 0 saturated heterocycles. The standard InChI is InChI=1S/C7H6O3.2C4H9.Mn/c8-6-4-2-1-3-5(6)7(9)10;2*1-4(2)3;/h1-4,8H,(H,9,10);2*1-3H3;/q;2*-1;+3/p-1. The van der Waals surface area contributed by atoms with Crippen LogP contribution in [0.3, 0.4) is 0 Å². The maximum Gasteiger partial charge on any atom is 3.00 e. The summed E-state index contributed by atoms with van der Waals surface area (Å²) in [6, 6.07) is 5.54. The largest absolute Gasteiger partial charge is 3.00 e. The van der Waals surface area contributed by atoms with E-state index in [4.69, 9.17) is 5.11 Å². The number of hydrogen-bond donors (Lipinski definition) is 1. The number of rotatable bonds is 1. The molecule has 0 radical (unpaired) electrons. The van der Waals surface area contributed by atoms with Gasteiger partial charge in [0.1, 0.15) is 0 Å². The summed E-state index contributed by atoms with van der Waals surface area (Å²) >= 11 is 0. The Morgan fingerprint density at radius 1 is 1.00 bits per heavy atom. The van der Waals surface area contributed by atoms with Gasteiger partial charge in [0.2, 0.25) is 0 Å². The Bertz CT molecular complexity index is 324. The first kappa shape index (κ1) is 23.1. The van der Waals surface area contributed by atoms with E-state index in [0.717, 1.165) is 0 Å². The number of aromatic carboxylic acids is 1. The quantitative estimate of drug-likeness (QED) is 0.635. The molecule has 0 aliphatic heterocycles. The van der Waals surface area contributed by atoms with Gasteiger partial charge in [-0.3, -0.25) is 0 Å². The molecular formula is C15H23MnO3. The van der Waals surface area contributed by atoms with Gasteiger partial charge < -0.3 is 22.0 Å². The van der Waals surface area contributed by atoms with E-state index < -0.39 is 11.7 Å². The van der Waals surface area contributed by atoms with Crippen LogP contribution < -0.4 is 5.11 Å². The molecule has 0 atom stereocenters. The second-order valence-electron chi connectivity index (χ2n) is 4.80. The first-order valence-corrected chi connectivity index (χ1v) is 5.71. The maximum atomic E-state index is 10.7. The number of hydrogen-bond acceptors (Lipinski definition) is 2. The van der Waals surface area contributed by atoms with E-state index in [9.17, 15) is 9.90 Å². The third-order valence-corrected chi connectivity index (χ3v) is 1.12. The number of benzene rings is 1. The minimum absolute atomic E-state index is 0. The third kappa shape index (κ3) is 19.5. The number of carboxylic acid groups (broad SMARTS) is 1. The van der Waals surface area contributed by atoms with Crippen molar-refractivity contribution >= 4 is 5.97 Å². The number of para-hydroxylation sites is 1. The van der Waals surface area contributed by atoms with Crippen molar-refractivity contribution in [1.82, 2.24) is 0 Å². The van der Waals surface area contributed by atoms with Gasteiger partial charge in [0, 0.05) is 0 Å². The zero-order chi connectivity index (χ0) is 14.7. The van der Waals surface area contributed by atoms with Crippen molar-refractivity contribution in [2.45, 2.75) is 41.5 Å². The second-order valence-corrected chi connectivity index (χ2v) is 4.80. The molecule has 0 aromatic heterocycles. The number of carbonyl (C=O) groups is 1. The van der Waals surface area contributed by atoms with Crippen LogP contribution >= 0.6 is 0 Å². The van der Waals surface area contributed by atoms with Gasteiger partial charge in [-0.25, -0.2) is 4.79 Å². The van der Waals surface area contributed by atoms with Crippen LogP contribution in [-0.4, -0.2) is 11.1 Å². The molecule has 0 spiro atoms. The minimum Gasteiger partial charge on any atom is -0.872 e. The molecular weight excluding hydrogens is 283 g/mol. The minimum atomic E-state index is -1.18. The summed E-state index contributed by atoms with van der Waals surface area (Å²) in [5, 5.41) is 19.0. The maximum absolute atomic E-state index is 10.7. The van der Waals surface area contributed by atoms with Gasteiger partial charge >= 0.3 is 23.0 Å². The molecule has 1 aromatic rings. The fraction of sp³-hybridized carbons (Fsp3) is 0.400. The van der Waals surface area contributed by atoms with Crippen LogP contribution in [0.2, 0.25) is 0 Å². The van der Waals surface area contributed by atoms with Crippen LogP contribution in [0.25, 0.3) is 0 Å². The summed E-state index contributed by atoms with van der Waals surface area (Å²) in [5.41, 5.74) is -0.178. The van der Waals surface area contributed by atoms with Crippen molar-refractivity contribution in [2.24, 2.45) is 0 Å². The van der Waals surface area contributed by atoms with Gasteiger partial charge in [0.25, 0.3) is 0 Å². The van der Waals surface area contributed by atoms with Gasteiger partial charge in [-0.2, -0.15) is 41.5 Å². The van der Waals surface area contributed by atoms with Crippen LogP contribution in [0.4, 0.5) is 0 Å². The Morgan fingerprint density at radius 2 is 1.32 bits per heavy atom. The van der Waals surface area contributed by atoms with Crippen molar-refractivity contribution in [3.63, 3.8) is 0 Å². The molecule has 0 heterocycles. The van der Waals surface area contributed by atoms with E-state index in [-0.39, 0.29) is 22.6 Å². The van der Waals surface area contributed by atoms with Crippen molar-refractivity contribution in [3.8, 4) is 5.75 Å². The van der Waals surface area contributed by atoms with E-state index in [0.29, 0.717) is 0 Å². The van der Waals surface area contributed by atoms with E-state index in [2.05, 4.69) is 41.5 Å². The van der Waals surface area contributed by atoms with Crippen LogP contribution in [0.5, 0.6) is 5.75 Å². The van der Waals surface area contributed by atoms with E-state index in [1.807, 2.05) is 0 Å². The Balaban J connectivity index is -0.000000242. The van der Waals surface area contributed by atoms with Crippen molar-refractivity contribution in [1.29, 1.82) is 0 Å². The molecule has 0 unspecified atom stereocenters. The van der Waals surface area contributed by atoms with Crippen LogP contribution in [0.15, 0.2) is 24.3 Å². The number of carboxylic acids is 1. The monoisotopic (exact) mass is 306 g/mol. The second kappa shape index (κ2) is 13.4. The smallest absolute Gasteiger partial charge is 0.872 e. The first-order valence-electron chi connectivity index (χ1n) is 5.71. The molecule has 0 saturated carbocycles. The average molecular weight is 306 g/mol. The third-order valence-electron chi connectivity index (χ3n) is 1.12. The van der Waals surface area contributed by atoms with Crippen molar-refractivity contribution < 1.29 is 32.1 Å². The van der Waals surface area contributed by atoms with Crippen LogP contribution in [0, 0.1) is 11.8 Å². The summed E-state index contributed by atoms with van der Waals surface area (Å²) in [4.78, 5) is 10.2. The normalized spacial score (nSPS) is 8.63. The van der Waals surface area contributed by atoms with Crippen LogP contribution in [-0.2, 0) is 17.1 Å². The first-order chi connectivity index (χ1) is 8.18. The molecule has 0 bridgehead atoms. The zero-order valence-electron chi connectivity index (χ0n) is 12.5. The Morgan fingerprint density at radius 3 is 1.53 bits per heavy atom. The topological polar surface area (TPSA) is 60.4 Å². The van der Waals surface area contributed by atoms with Crippen LogP contribution in [0.1, 0.15) is 51.9 Å². The van der Waals surface area contributed by atoms with Gasteiger partial charge in [-0.1, -0.05) is 23.9 Å². The molecule has 3 nitrogen and oxygen atoms in total. The predicted octanol–water partition coefficient (Wildman–Crippen LogP) is 3.70. The Hall–Kier alpha value is -0.991. The SMILES string of the molecule is C[C-](C)C.C[C-](C)C.O=C(O)c1ccccc1[O-].[Mn+3]. The molecule has 1 rings (SSSR count). The molecule has 4 heteroatoms. The fourth-order valence-electron chi connectivity index (χ4n) is 0.643. The van der Waals surface area contributed by atoms with E-state index in [1.54, 1.807) is 0 Å². The molecule has 0 aliphatic rings. The molecule has 0 amide bonds. The molecule has 1 N–H and O–H groups in total. The zero-order valence-corrected chi connectivity index (χ0v) is 13.6.